The van der Waals surface area contributed by atoms with Gasteiger partial charge in [-0.3, -0.25) is 0 Å². The van der Waals surface area contributed by atoms with Crippen LogP contribution in [-0.4, -0.2) is 22.0 Å². The molecule has 5 heteroatoms. The van der Waals surface area contributed by atoms with Crippen molar-refractivity contribution in [2.75, 3.05) is 5.75 Å². The van der Waals surface area contributed by atoms with Crippen LogP contribution in [0.25, 0.3) is 0 Å². The van der Waals surface area contributed by atoms with Crippen LogP contribution in [0, 0.1) is 6.92 Å². The van der Waals surface area contributed by atoms with Gasteiger partial charge in [-0.2, -0.15) is 11.8 Å². The van der Waals surface area contributed by atoms with Gasteiger partial charge in [0.15, 0.2) is 5.69 Å². The highest BCUT2D eigenvalue weighted by atomic mass is 32.2. The first kappa shape index (κ1) is 10.1. The fourth-order valence-corrected chi connectivity index (χ4v) is 1.68. The van der Waals surface area contributed by atoms with Crippen molar-refractivity contribution in [3.05, 3.63) is 17.0 Å². The number of carboxylic acids is 1. The van der Waals surface area contributed by atoms with Gasteiger partial charge in [-0.15, -0.1) is 0 Å². The summed E-state index contributed by atoms with van der Waals surface area (Å²) in [6.07, 6.45) is 0. The molecule has 4 nitrogen and oxygen atoms in total. The number of hydrogen-bond acceptors (Lipinski definition) is 4. The minimum atomic E-state index is -1.02. The van der Waals surface area contributed by atoms with Crippen molar-refractivity contribution in [2.24, 2.45) is 0 Å². The molecule has 1 heterocycles. The molecular weight excluding hydrogens is 190 g/mol. The molecule has 0 aliphatic heterocycles. The molecule has 0 radical (unpaired) electrons. The van der Waals surface area contributed by atoms with Crippen LogP contribution in [0.1, 0.15) is 28.7 Å². The highest BCUT2D eigenvalue weighted by Crippen LogP contribution is 2.19. The Morgan fingerprint density at radius 1 is 1.69 bits per heavy atom. The molecule has 0 saturated carbocycles. The molecule has 0 aliphatic carbocycles. The quantitative estimate of drug-likeness (QED) is 0.806. The Hall–Kier alpha value is -0.970. The third-order valence-corrected chi connectivity index (χ3v) is 2.54. The van der Waals surface area contributed by atoms with Crippen LogP contribution in [0.15, 0.2) is 4.52 Å². The minimum Gasteiger partial charge on any atom is -0.476 e. The maximum Gasteiger partial charge on any atom is 0.358 e. The van der Waals surface area contributed by atoms with Gasteiger partial charge in [-0.25, -0.2) is 4.79 Å². The van der Waals surface area contributed by atoms with Gasteiger partial charge in [0.1, 0.15) is 5.76 Å². The fourth-order valence-electron chi connectivity index (χ4n) is 0.933. The van der Waals surface area contributed by atoms with Crippen molar-refractivity contribution in [2.45, 2.75) is 19.6 Å². The van der Waals surface area contributed by atoms with E-state index >= 15 is 0 Å². The molecule has 0 spiro atoms. The maximum absolute atomic E-state index is 10.7. The molecule has 72 valence electrons. The van der Waals surface area contributed by atoms with Crippen LogP contribution in [0.2, 0.25) is 0 Å². The van der Waals surface area contributed by atoms with Crippen molar-refractivity contribution in [1.82, 2.24) is 5.16 Å². The smallest absolute Gasteiger partial charge is 0.358 e. The molecule has 0 saturated heterocycles. The van der Waals surface area contributed by atoms with E-state index in [1.54, 1.807) is 18.7 Å². The van der Waals surface area contributed by atoms with Crippen molar-refractivity contribution in [3.63, 3.8) is 0 Å². The molecule has 1 N–H and O–H groups in total. The summed E-state index contributed by atoms with van der Waals surface area (Å²) in [7, 11) is 0. The summed E-state index contributed by atoms with van der Waals surface area (Å²) in [4.78, 5) is 10.7. The summed E-state index contributed by atoms with van der Waals surface area (Å²) in [6, 6.07) is 0. The van der Waals surface area contributed by atoms with Crippen molar-refractivity contribution < 1.29 is 14.4 Å². The van der Waals surface area contributed by atoms with Gasteiger partial charge in [0, 0.05) is 11.3 Å². The van der Waals surface area contributed by atoms with Crippen LogP contribution >= 0.6 is 11.8 Å². The van der Waals surface area contributed by atoms with Gasteiger partial charge >= 0.3 is 5.97 Å². The highest BCUT2D eigenvalue weighted by molar-refractivity contribution is 7.98. The summed E-state index contributed by atoms with van der Waals surface area (Å²) in [5.74, 6) is 1.17. The SMILES string of the molecule is CCSCc1c(C(=O)O)noc1C. The zero-order chi connectivity index (χ0) is 9.84. The second-order valence-electron chi connectivity index (χ2n) is 2.51. The zero-order valence-corrected chi connectivity index (χ0v) is 8.35. The predicted molar refractivity (Wildman–Crippen MR) is 50.0 cm³/mol. The zero-order valence-electron chi connectivity index (χ0n) is 7.53. The second kappa shape index (κ2) is 4.32. The normalized spacial score (nSPS) is 10.3. The fraction of sp³-hybridized carbons (Fsp3) is 0.500. The Morgan fingerprint density at radius 3 is 2.92 bits per heavy atom. The van der Waals surface area contributed by atoms with Gasteiger partial charge < -0.3 is 9.63 Å². The third-order valence-electron chi connectivity index (χ3n) is 1.64. The average Bonchev–Trinajstić information content (AvgIpc) is 2.43. The number of thioether (sulfide) groups is 1. The molecule has 1 aromatic heterocycles. The average molecular weight is 201 g/mol. The standard InChI is InChI=1S/C8H11NO3S/c1-3-13-4-6-5(2)12-9-7(6)8(10)11/h3-4H2,1-2H3,(H,10,11). The summed E-state index contributed by atoms with van der Waals surface area (Å²) >= 11 is 1.65. The Balaban J connectivity index is 2.88. The Kier molecular flexibility index (Phi) is 3.36. The van der Waals surface area contributed by atoms with Crippen molar-refractivity contribution >= 4 is 17.7 Å². The van der Waals surface area contributed by atoms with Gasteiger partial charge in [0.2, 0.25) is 0 Å². The van der Waals surface area contributed by atoms with E-state index in [0.717, 1.165) is 5.75 Å². The molecular formula is C8H11NO3S. The number of nitrogens with zero attached hydrogens (tertiary/aromatic N) is 1. The molecule has 0 aliphatic rings. The molecule has 0 aromatic carbocycles. The lowest BCUT2D eigenvalue weighted by Crippen LogP contribution is -2.00. The number of carboxylic acid groups (broad SMARTS) is 1. The first-order valence-corrected chi connectivity index (χ1v) is 5.08. The van der Waals surface area contributed by atoms with E-state index in [1.165, 1.54) is 0 Å². The largest absolute Gasteiger partial charge is 0.476 e. The van der Waals surface area contributed by atoms with E-state index in [0.29, 0.717) is 17.1 Å². The van der Waals surface area contributed by atoms with Gasteiger partial charge in [0.05, 0.1) is 0 Å². The number of carbonyl (C=O) groups is 1. The van der Waals surface area contributed by atoms with E-state index in [-0.39, 0.29) is 5.69 Å². The number of hydrogen-bond donors (Lipinski definition) is 1. The molecule has 1 rings (SSSR count). The van der Waals surface area contributed by atoms with Crippen LogP contribution in [0.3, 0.4) is 0 Å². The molecule has 0 bridgehead atoms. The number of aromatic carboxylic acids is 1. The molecule has 0 unspecified atom stereocenters. The van der Waals surface area contributed by atoms with E-state index < -0.39 is 5.97 Å². The second-order valence-corrected chi connectivity index (χ2v) is 3.78. The number of aromatic nitrogens is 1. The lowest BCUT2D eigenvalue weighted by molar-refractivity contribution is 0.0685. The summed E-state index contributed by atoms with van der Waals surface area (Å²) in [5, 5.41) is 12.2. The van der Waals surface area contributed by atoms with Crippen LogP contribution < -0.4 is 0 Å². The first-order valence-electron chi connectivity index (χ1n) is 3.93. The first-order chi connectivity index (χ1) is 6.16. The number of rotatable bonds is 4. The van der Waals surface area contributed by atoms with Crippen LogP contribution in [0.4, 0.5) is 0 Å². The van der Waals surface area contributed by atoms with Crippen LogP contribution in [0.5, 0.6) is 0 Å². The molecule has 0 atom stereocenters. The minimum absolute atomic E-state index is 0.0402. The Labute approximate surface area is 80.3 Å². The topological polar surface area (TPSA) is 63.3 Å². The lowest BCUT2D eigenvalue weighted by atomic mass is 10.2. The third kappa shape index (κ3) is 2.24. The highest BCUT2D eigenvalue weighted by Gasteiger charge is 2.18. The van der Waals surface area contributed by atoms with Gasteiger partial charge in [-0.05, 0) is 12.7 Å². The van der Waals surface area contributed by atoms with Gasteiger partial charge in [-0.1, -0.05) is 12.1 Å². The van der Waals surface area contributed by atoms with E-state index in [1.807, 2.05) is 6.92 Å². The molecule has 0 amide bonds. The summed E-state index contributed by atoms with van der Waals surface area (Å²) < 4.78 is 4.81. The summed E-state index contributed by atoms with van der Waals surface area (Å²) in [6.45, 7) is 3.75. The molecule has 0 fully saturated rings. The van der Waals surface area contributed by atoms with E-state index in [9.17, 15) is 4.79 Å². The van der Waals surface area contributed by atoms with E-state index in [4.69, 9.17) is 9.63 Å². The van der Waals surface area contributed by atoms with Gasteiger partial charge in [0.25, 0.3) is 0 Å². The molecule has 13 heavy (non-hydrogen) atoms. The molecule has 1 aromatic rings. The monoisotopic (exact) mass is 201 g/mol. The maximum atomic E-state index is 10.7. The van der Waals surface area contributed by atoms with Crippen molar-refractivity contribution in [3.8, 4) is 0 Å². The Bertz CT molecular complexity index is 308. The summed E-state index contributed by atoms with van der Waals surface area (Å²) in [5.41, 5.74) is 0.734. The van der Waals surface area contributed by atoms with E-state index in [2.05, 4.69) is 5.16 Å². The van der Waals surface area contributed by atoms with Crippen molar-refractivity contribution in [1.29, 1.82) is 0 Å². The predicted octanol–water partition coefficient (Wildman–Crippen LogP) is 1.93. The van der Waals surface area contributed by atoms with Crippen LogP contribution in [-0.2, 0) is 5.75 Å². The number of aryl methyl sites for hydroxylation is 1. The lowest BCUT2D eigenvalue weighted by Gasteiger charge is -1.96. The Morgan fingerprint density at radius 2 is 2.38 bits per heavy atom.